The van der Waals surface area contributed by atoms with Crippen LogP contribution < -0.4 is 5.32 Å². The van der Waals surface area contributed by atoms with Gasteiger partial charge in [0.1, 0.15) is 5.82 Å². The van der Waals surface area contributed by atoms with Crippen molar-refractivity contribution in [3.63, 3.8) is 0 Å². The summed E-state index contributed by atoms with van der Waals surface area (Å²) in [5.41, 5.74) is 4.23. The first kappa shape index (κ1) is 23.5. The van der Waals surface area contributed by atoms with Crippen LogP contribution in [-0.2, 0) is 6.54 Å². The molecule has 6 heteroatoms. The zero-order valence-corrected chi connectivity index (χ0v) is 19.9. The molecule has 3 aromatic carbocycles. The van der Waals surface area contributed by atoms with Gasteiger partial charge in [0.25, 0.3) is 0 Å². The summed E-state index contributed by atoms with van der Waals surface area (Å²) >= 11 is 0. The Labute approximate surface area is 210 Å². The molecule has 0 atom stereocenters. The van der Waals surface area contributed by atoms with E-state index in [4.69, 9.17) is 5.26 Å². The number of benzene rings is 3. The Morgan fingerprint density at radius 3 is 2.47 bits per heavy atom. The smallest absolute Gasteiger partial charge is 0.317 e. The lowest BCUT2D eigenvalue weighted by Crippen LogP contribution is -2.44. The molecule has 0 aliphatic heterocycles. The molecule has 1 N–H and O–H groups in total. The molecule has 1 aliphatic rings. The third-order valence-electron chi connectivity index (χ3n) is 7.04. The number of halogens is 1. The number of nitrogens with one attached hydrogen (secondary N) is 1. The summed E-state index contributed by atoms with van der Waals surface area (Å²) in [4.78, 5) is 19.8. The van der Waals surface area contributed by atoms with Crippen LogP contribution in [0, 0.1) is 17.1 Å². The average Bonchev–Trinajstić information content (AvgIpc) is 2.92. The number of hydrogen-bond acceptors (Lipinski definition) is 3. The van der Waals surface area contributed by atoms with Gasteiger partial charge in [-0.15, -0.1) is 0 Å². The minimum absolute atomic E-state index is 0.0877. The van der Waals surface area contributed by atoms with Crippen LogP contribution in [0.4, 0.5) is 14.9 Å². The summed E-state index contributed by atoms with van der Waals surface area (Å²) in [5.74, 6) is 0.0488. The van der Waals surface area contributed by atoms with E-state index in [1.54, 1.807) is 42.6 Å². The second-order valence-corrected chi connectivity index (χ2v) is 9.30. The van der Waals surface area contributed by atoms with Crippen LogP contribution in [-0.4, -0.2) is 22.0 Å². The molecule has 0 saturated heterocycles. The minimum Gasteiger partial charge on any atom is -0.317 e. The lowest BCUT2D eigenvalue weighted by atomic mass is 9.80. The number of carbonyl (C=O) groups is 1. The van der Waals surface area contributed by atoms with Crippen LogP contribution in [0.5, 0.6) is 0 Å². The summed E-state index contributed by atoms with van der Waals surface area (Å²) in [7, 11) is 0. The Bertz CT molecular complexity index is 1390. The lowest BCUT2D eigenvalue weighted by Gasteiger charge is -2.37. The third-order valence-corrected chi connectivity index (χ3v) is 7.04. The molecule has 1 aliphatic carbocycles. The second kappa shape index (κ2) is 10.6. The predicted molar refractivity (Wildman–Crippen MR) is 139 cm³/mol. The molecule has 1 aromatic heterocycles. The van der Waals surface area contributed by atoms with Gasteiger partial charge in [0.15, 0.2) is 0 Å². The maximum Gasteiger partial charge on any atom is 0.322 e. The number of rotatable bonds is 5. The van der Waals surface area contributed by atoms with E-state index in [1.165, 1.54) is 6.07 Å². The van der Waals surface area contributed by atoms with Gasteiger partial charge in [-0.3, -0.25) is 4.98 Å². The monoisotopic (exact) mass is 478 g/mol. The highest BCUT2D eigenvalue weighted by atomic mass is 19.1. The highest BCUT2D eigenvalue weighted by Gasteiger charge is 2.30. The molecule has 2 amide bonds. The number of fused-ring (bicyclic) bond motifs is 1. The van der Waals surface area contributed by atoms with Gasteiger partial charge < -0.3 is 10.2 Å². The fraction of sp³-hybridized carbons (Fsp3) is 0.233. The summed E-state index contributed by atoms with van der Waals surface area (Å²) in [6, 6.07) is 25.7. The molecule has 5 rings (SSSR count). The van der Waals surface area contributed by atoms with Gasteiger partial charge in [-0.1, -0.05) is 30.3 Å². The summed E-state index contributed by atoms with van der Waals surface area (Å²) in [5, 5.41) is 12.9. The van der Waals surface area contributed by atoms with Crippen molar-refractivity contribution in [2.24, 2.45) is 0 Å². The number of amides is 2. The SMILES string of the molecule is N#Cc1ccc(NC(=O)N(Cc2ccccc2)C2CCC(c3ccnc4ccc(F)cc34)CC2)cc1. The van der Waals surface area contributed by atoms with Crippen molar-refractivity contribution in [1.29, 1.82) is 5.26 Å². The number of carbonyl (C=O) groups excluding carboxylic acids is 1. The van der Waals surface area contributed by atoms with Crippen LogP contribution in [0.2, 0.25) is 0 Å². The number of pyridine rings is 1. The zero-order chi connectivity index (χ0) is 24.9. The molecule has 1 heterocycles. The van der Waals surface area contributed by atoms with Crippen LogP contribution in [0.15, 0.2) is 85.1 Å². The number of hydrogen-bond donors (Lipinski definition) is 1. The Kier molecular flexibility index (Phi) is 6.90. The molecule has 0 bridgehead atoms. The van der Waals surface area contributed by atoms with E-state index in [0.717, 1.165) is 47.7 Å². The Balaban J connectivity index is 1.34. The summed E-state index contributed by atoms with van der Waals surface area (Å²) < 4.78 is 14.0. The van der Waals surface area contributed by atoms with Crippen molar-refractivity contribution in [2.45, 2.75) is 44.2 Å². The molecular weight excluding hydrogens is 451 g/mol. The molecule has 0 radical (unpaired) electrons. The van der Waals surface area contributed by atoms with Gasteiger partial charge in [-0.2, -0.15) is 5.26 Å². The number of nitriles is 1. The molecule has 180 valence electrons. The third kappa shape index (κ3) is 5.21. The predicted octanol–water partition coefficient (Wildman–Crippen LogP) is 7.01. The summed E-state index contributed by atoms with van der Waals surface area (Å²) in [6.45, 7) is 0.516. The van der Waals surface area contributed by atoms with E-state index in [2.05, 4.69) is 16.4 Å². The Hall–Kier alpha value is -4.24. The normalized spacial score (nSPS) is 17.3. The molecule has 0 spiro atoms. The van der Waals surface area contributed by atoms with E-state index in [0.29, 0.717) is 23.7 Å². The molecule has 1 fully saturated rings. The van der Waals surface area contributed by atoms with Crippen molar-refractivity contribution >= 4 is 22.6 Å². The quantitative estimate of drug-likeness (QED) is 0.336. The maximum atomic E-state index is 14.0. The number of urea groups is 1. The van der Waals surface area contributed by atoms with E-state index in [9.17, 15) is 9.18 Å². The average molecular weight is 479 g/mol. The Morgan fingerprint density at radius 1 is 1.00 bits per heavy atom. The first-order valence-corrected chi connectivity index (χ1v) is 12.3. The zero-order valence-electron chi connectivity index (χ0n) is 19.9. The van der Waals surface area contributed by atoms with Crippen molar-refractivity contribution in [1.82, 2.24) is 9.88 Å². The number of anilines is 1. The minimum atomic E-state index is -0.251. The molecule has 4 aromatic rings. The van der Waals surface area contributed by atoms with Crippen molar-refractivity contribution < 1.29 is 9.18 Å². The highest BCUT2D eigenvalue weighted by Crippen LogP contribution is 2.38. The van der Waals surface area contributed by atoms with Gasteiger partial charge in [0, 0.05) is 29.9 Å². The molecule has 0 unspecified atom stereocenters. The lowest BCUT2D eigenvalue weighted by molar-refractivity contribution is 0.158. The van der Waals surface area contributed by atoms with Gasteiger partial charge in [0.2, 0.25) is 0 Å². The van der Waals surface area contributed by atoms with Crippen molar-refractivity contribution in [3.05, 3.63) is 108 Å². The van der Waals surface area contributed by atoms with Crippen LogP contribution in [0.25, 0.3) is 10.9 Å². The molecule has 1 saturated carbocycles. The van der Waals surface area contributed by atoms with Gasteiger partial charge in [0.05, 0.1) is 17.1 Å². The van der Waals surface area contributed by atoms with Crippen LogP contribution in [0.3, 0.4) is 0 Å². The topological polar surface area (TPSA) is 69.0 Å². The molecule has 5 nitrogen and oxygen atoms in total. The number of aromatic nitrogens is 1. The van der Waals surface area contributed by atoms with Crippen LogP contribution in [0.1, 0.15) is 48.3 Å². The van der Waals surface area contributed by atoms with E-state index in [1.807, 2.05) is 41.3 Å². The number of nitrogens with zero attached hydrogens (tertiary/aromatic N) is 3. The van der Waals surface area contributed by atoms with Crippen molar-refractivity contribution in [2.75, 3.05) is 5.32 Å². The van der Waals surface area contributed by atoms with E-state index >= 15 is 0 Å². The van der Waals surface area contributed by atoms with E-state index in [-0.39, 0.29) is 17.9 Å². The first-order chi connectivity index (χ1) is 17.6. The largest absolute Gasteiger partial charge is 0.322 e. The van der Waals surface area contributed by atoms with Gasteiger partial charge in [-0.05, 0) is 91.3 Å². The fourth-order valence-corrected chi connectivity index (χ4v) is 5.16. The first-order valence-electron chi connectivity index (χ1n) is 12.3. The maximum absolute atomic E-state index is 14.0. The highest BCUT2D eigenvalue weighted by molar-refractivity contribution is 5.89. The van der Waals surface area contributed by atoms with Gasteiger partial charge >= 0.3 is 6.03 Å². The molecule has 36 heavy (non-hydrogen) atoms. The van der Waals surface area contributed by atoms with Gasteiger partial charge in [-0.25, -0.2) is 9.18 Å². The fourth-order valence-electron chi connectivity index (χ4n) is 5.16. The molecular formula is C30H27FN4O. The standard InChI is InChI=1S/C30H27FN4O/c31-24-10-15-29-28(18-24)27(16-17-33-29)23-8-13-26(14-9-23)35(20-22-4-2-1-3-5-22)30(36)34-25-11-6-21(19-32)7-12-25/h1-7,10-12,15-18,23,26H,8-9,13-14,20H2,(H,34,36). The Morgan fingerprint density at radius 2 is 1.75 bits per heavy atom. The summed E-state index contributed by atoms with van der Waals surface area (Å²) in [6.07, 6.45) is 5.34. The van der Waals surface area contributed by atoms with Crippen LogP contribution >= 0.6 is 0 Å². The second-order valence-electron chi connectivity index (χ2n) is 9.30. The van der Waals surface area contributed by atoms with Crippen molar-refractivity contribution in [3.8, 4) is 6.07 Å². The van der Waals surface area contributed by atoms with E-state index < -0.39 is 0 Å².